The molecule has 2 saturated heterocycles. The van der Waals surface area contributed by atoms with Crippen molar-refractivity contribution in [2.45, 2.75) is 71.6 Å². The van der Waals surface area contributed by atoms with E-state index >= 15 is 0 Å². The minimum atomic E-state index is 0.0937. The van der Waals surface area contributed by atoms with E-state index in [1.54, 1.807) is 0 Å². The van der Waals surface area contributed by atoms with E-state index in [2.05, 4.69) is 34.3 Å². The Bertz CT molecular complexity index is 1310. The van der Waals surface area contributed by atoms with Crippen LogP contribution in [0.15, 0.2) is 24.3 Å². The lowest BCUT2D eigenvalue weighted by molar-refractivity contribution is -0.133. The Morgan fingerprint density at radius 1 is 1.05 bits per heavy atom. The third-order valence-corrected chi connectivity index (χ3v) is 8.20. The van der Waals surface area contributed by atoms with Crippen molar-refractivity contribution >= 4 is 22.6 Å². The van der Waals surface area contributed by atoms with Gasteiger partial charge >= 0.3 is 0 Å². The molecule has 2 fully saturated rings. The molecule has 2 aliphatic heterocycles. The molecule has 8 nitrogen and oxygen atoms in total. The number of ether oxygens (including phenoxy) is 2. The van der Waals surface area contributed by atoms with Gasteiger partial charge in [0.1, 0.15) is 5.82 Å². The predicted molar refractivity (Wildman–Crippen MR) is 148 cm³/mol. The molecule has 1 aromatic carbocycles. The summed E-state index contributed by atoms with van der Waals surface area (Å²) in [4.78, 5) is 23.3. The molecule has 202 valence electrons. The monoisotopic (exact) mass is 517 g/mol. The SMILES string of the molecule is Cc1cc(C)n(CCC(=O)N(Cc2cc3cc4c(cc3nc2N2CCOCC2)CCC4)CC2CCCO2)n1. The number of pyridine rings is 1. The number of carbonyl (C=O) groups excluding carboxylic acids is 1. The standard InChI is InChI=1S/C30H39N5O3/c1-21-15-22(2)35(32-21)9-8-29(36)34(20-27-7-4-12-38-27)19-26-17-25-16-23-5-3-6-24(23)18-28(25)31-30(26)33-10-13-37-14-11-33/h15-18,27H,3-14,19-20H2,1-2H3. The minimum Gasteiger partial charge on any atom is -0.378 e. The summed E-state index contributed by atoms with van der Waals surface area (Å²) in [5, 5.41) is 5.73. The molecule has 1 aliphatic carbocycles. The zero-order valence-corrected chi connectivity index (χ0v) is 22.7. The van der Waals surface area contributed by atoms with Gasteiger partial charge in [-0.3, -0.25) is 9.48 Å². The van der Waals surface area contributed by atoms with Crippen molar-refractivity contribution in [3.63, 3.8) is 0 Å². The van der Waals surface area contributed by atoms with Crippen LogP contribution in [0, 0.1) is 13.8 Å². The highest BCUT2D eigenvalue weighted by Crippen LogP contribution is 2.31. The van der Waals surface area contributed by atoms with Crippen LogP contribution in [0.1, 0.15) is 53.8 Å². The van der Waals surface area contributed by atoms with Crippen LogP contribution in [-0.4, -0.2) is 71.1 Å². The molecule has 6 rings (SSSR count). The number of benzene rings is 1. The highest BCUT2D eigenvalue weighted by molar-refractivity contribution is 5.84. The first-order valence-corrected chi connectivity index (χ1v) is 14.2. The lowest BCUT2D eigenvalue weighted by Crippen LogP contribution is -2.40. The third kappa shape index (κ3) is 5.43. The number of anilines is 1. The van der Waals surface area contributed by atoms with Crippen molar-refractivity contribution in [1.29, 1.82) is 0 Å². The maximum absolute atomic E-state index is 13.7. The summed E-state index contributed by atoms with van der Waals surface area (Å²) < 4.78 is 13.6. The summed E-state index contributed by atoms with van der Waals surface area (Å²) in [5.41, 5.74) is 7.11. The van der Waals surface area contributed by atoms with Crippen molar-refractivity contribution < 1.29 is 14.3 Å². The number of carbonyl (C=O) groups is 1. The lowest BCUT2D eigenvalue weighted by Gasteiger charge is -2.32. The number of aryl methyl sites for hydroxylation is 5. The van der Waals surface area contributed by atoms with Gasteiger partial charge in [0.2, 0.25) is 5.91 Å². The molecule has 0 radical (unpaired) electrons. The first kappa shape index (κ1) is 25.3. The summed E-state index contributed by atoms with van der Waals surface area (Å²) >= 11 is 0. The summed E-state index contributed by atoms with van der Waals surface area (Å²) in [5.74, 6) is 1.12. The highest BCUT2D eigenvalue weighted by Gasteiger charge is 2.26. The molecule has 1 amide bonds. The maximum Gasteiger partial charge on any atom is 0.224 e. The number of rotatable bonds is 8. The van der Waals surface area contributed by atoms with Crippen molar-refractivity contribution in [2.75, 3.05) is 44.4 Å². The van der Waals surface area contributed by atoms with Gasteiger partial charge in [-0.05, 0) is 81.3 Å². The smallest absolute Gasteiger partial charge is 0.224 e. The zero-order valence-electron chi connectivity index (χ0n) is 22.7. The predicted octanol–water partition coefficient (Wildman–Crippen LogP) is 3.97. The van der Waals surface area contributed by atoms with Crippen LogP contribution >= 0.6 is 0 Å². The molecule has 38 heavy (non-hydrogen) atoms. The fourth-order valence-corrected chi connectivity index (χ4v) is 6.20. The summed E-state index contributed by atoms with van der Waals surface area (Å²) in [7, 11) is 0. The first-order valence-electron chi connectivity index (χ1n) is 14.2. The fraction of sp³-hybridized carbons (Fsp3) is 0.567. The normalized spacial score (nSPS) is 19.3. The molecule has 3 aliphatic rings. The van der Waals surface area contributed by atoms with E-state index in [-0.39, 0.29) is 12.0 Å². The number of morpholine rings is 1. The van der Waals surface area contributed by atoms with Gasteiger partial charge in [0.25, 0.3) is 0 Å². The van der Waals surface area contributed by atoms with Gasteiger partial charge in [0.05, 0.1) is 30.5 Å². The van der Waals surface area contributed by atoms with Crippen molar-refractivity contribution in [1.82, 2.24) is 19.7 Å². The number of amides is 1. The Morgan fingerprint density at radius 2 is 1.87 bits per heavy atom. The fourth-order valence-electron chi connectivity index (χ4n) is 6.20. The second-order valence-corrected chi connectivity index (χ2v) is 11.0. The Hall–Kier alpha value is -2.97. The molecule has 1 atom stereocenters. The van der Waals surface area contributed by atoms with Crippen LogP contribution in [0.4, 0.5) is 5.82 Å². The van der Waals surface area contributed by atoms with Gasteiger partial charge in [-0.2, -0.15) is 5.10 Å². The number of nitrogens with zero attached hydrogens (tertiary/aromatic N) is 5. The molecule has 4 heterocycles. The van der Waals surface area contributed by atoms with Crippen molar-refractivity contribution in [2.24, 2.45) is 0 Å². The summed E-state index contributed by atoms with van der Waals surface area (Å²) in [6.07, 6.45) is 6.06. The van der Waals surface area contributed by atoms with Gasteiger partial charge in [0, 0.05) is 62.4 Å². The van der Waals surface area contributed by atoms with E-state index in [9.17, 15) is 4.79 Å². The molecule has 1 unspecified atom stereocenters. The largest absolute Gasteiger partial charge is 0.378 e. The van der Waals surface area contributed by atoms with Crippen LogP contribution < -0.4 is 4.90 Å². The Kier molecular flexibility index (Phi) is 7.34. The molecule has 2 aromatic heterocycles. The number of aromatic nitrogens is 3. The Morgan fingerprint density at radius 3 is 2.61 bits per heavy atom. The molecule has 0 N–H and O–H groups in total. The van der Waals surface area contributed by atoms with Crippen LogP contribution in [-0.2, 0) is 40.2 Å². The van der Waals surface area contributed by atoms with E-state index < -0.39 is 0 Å². The van der Waals surface area contributed by atoms with Crippen LogP contribution in [0.25, 0.3) is 10.9 Å². The molecule has 0 saturated carbocycles. The third-order valence-electron chi connectivity index (χ3n) is 8.20. The maximum atomic E-state index is 13.7. The van der Waals surface area contributed by atoms with Crippen LogP contribution in [0.3, 0.4) is 0 Å². The summed E-state index contributed by atoms with van der Waals surface area (Å²) in [6.45, 7) is 9.56. The van der Waals surface area contributed by atoms with Crippen molar-refractivity contribution in [3.8, 4) is 0 Å². The Labute approximate surface area is 224 Å². The molecule has 3 aromatic rings. The molecule has 0 spiro atoms. The number of hydrogen-bond acceptors (Lipinski definition) is 6. The average molecular weight is 518 g/mol. The zero-order chi connectivity index (χ0) is 26.1. The molecular formula is C30H39N5O3. The second-order valence-electron chi connectivity index (χ2n) is 11.0. The van der Waals surface area contributed by atoms with Crippen molar-refractivity contribution in [3.05, 3.63) is 52.3 Å². The second kappa shape index (κ2) is 11.0. The van der Waals surface area contributed by atoms with Gasteiger partial charge in [-0.25, -0.2) is 4.98 Å². The lowest BCUT2D eigenvalue weighted by atomic mass is 10.0. The molecular weight excluding hydrogens is 478 g/mol. The van der Waals surface area contributed by atoms with E-state index in [0.717, 1.165) is 73.7 Å². The van der Waals surface area contributed by atoms with Gasteiger partial charge in [-0.1, -0.05) is 0 Å². The van der Waals surface area contributed by atoms with Crippen LogP contribution in [0.2, 0.25) is 0 Å². The molecule has 8 heteroatoms. The average Bonchev–Trinajstić information content (AvgIpc) is 3.67. The highest BCUT2D eigenvalue weighted by atomic mass is 16.5. The number of fused-ring (bicyclic) bond motifs is 2. The van der Waals surface area contributed by atoms with Gasteiger partial charge in [-0.15, -0.1) is 0 Å². The quantitative estimate of drug-likeness (QED) is 0.450. The van der Waals surface area contributed by atoms with E-state index in [4.69, 9.17) is 14.5 Å². The van der Waals surface area contributed by atoms with E-state index in [1.807, 2.05) is 23.4 Å². The molecule has 0 bridgehead atoms. The van der Waals surface area contributed by atoms with Crippen LogP contribution in [0.5, 0.6) is 0 Å². The van der Waals surface area contributed by atoms with E-state index in [0.29, 0.717) is 39.3 Å². The first-order chi connectivity index (χ1) is 18.5. The van der Waals surface area contributed by atoms with Gasteiger partial charge < -0.3 is 19.3 Å². The minimum absolute atomic E-state index is 0.0937. The summed E-state index contributed by atoms with van der Waals surface area (Å²) in [6, 6.07) is 8.95. The Balaban J connectivity index is 1.31. The number of hydrogen-bond donors (Lipinski definition) is 0. The topological polar surface area (TPSA) is 72.7 Å². The van der Waals surface area contributed by atoms with E-state index in [1.165, 1.54) is 22.9 Å². The van der Waals surface area contributed by atoms with Gasteiger partial charge in [0.15, 0.2) is 0 Å².